The molecule has 0 aliphatic rings. The van der Waals surface area contributed by atoms with Gasteiger partial charge in [0.25, 0.3) is 0 Å². The van der Waals surface area contributed by atoms with Gasteiger partial charge in [0.05, 0.1) is 0 Å². The maximum Gasteiger partial charge on any atom is 0.0435 e. The molecule has 0 amide bonds. The lowest BCUT2D eigenvalue weighted by Crippen LogP contribution is -2.43. The Balaban J connectivity index is 2.86. The molecule has 0 heterocycles. The highest BCUT2D eigenvalue weighted by molar-refractivity contribution is 6.31. The highest BCUT2D eigenvalue weighted by Gasteiger charge is 2.23. The Morgan fingerprint density at radius 1 is 1.40 bits per heavy atom. The van der Waals surface area contributed by atoms with E-state index in [0.717, 1.165) is 17.0 Å². The maximum absolute atomic E-state index is 6.25. The molecule has 1 atom stereocenters. The third kappa shape index (κ3) is 3.22. The van der Waals surface area contributed by atoms with Gasteiger partial charge in [-0.3, -0.25) is 0 Å². The van der Waals surface area contributed by atoms with E-state index in [1.54, 1.807) is 0 Å². The van der Waals surface area contributed by atoms with E-state index in [4.69, 9.17) is 17.3 Å². The van der Waals surface area contributed by atoms with E-state index >= 15 is 0 Å². The second kappa shape index (κ2) is 4.54. The van der Waals surface area contributed by atoms with Gasteiger partial charge in [0, 0.05) is 10.6 Å². The molecule has 0 fully saturated rings. The Kier molecular flexibility index (Phi) is 3.80. The molecule has 0 saturated carbocycles. The SMILES string of the molecule is Cc1cc(CC(C)(N)C(C)C)ccc1Cl. The lowest BCUT2D eigenvalue weighted by Gasteiger charge is -2.29. The van der Waals surface area contributed by atoms with Crippen LogP contribution < -0.4 is 5.73 Å². The predicted octanol–water partition coefficient (Wildman–Crippen LogP) is 3.56. The van der Waals surface area contributed by atoms with Gasteiger partial charge in [0.1, 0.15) is 0 Å². The first-order valence-electron chi connectivity index (χ1n) is 5.37. The van der Waals surface area contributed by atoms with Gasteiger partial charge in [0.2, 0.25) is 0 Å². The normalized spacial score (nSPS) is 15.4. The van der Waals surface area contributed by atoms with E-state index in [0.29, 0.717) is 5.92 Å². The van der Waals surface area contributed by atoms with Crippen molar-refractivity contribution in [3.05, 3.63) is 34.3 Å². The van der Waals surface area contributed by atoms with Crippen molar-refractivity contribution in [3.63, 3.8) is 0 Å². The van der Waals surface area contributed by atoms with E-state index in [-0.39, 0.29) is 5.54 Å². The van der Waals surface area contributed by atoms with Crippen LogP contribution in [0.4, 0.5) is 0 Å². The zero-order valence-corrected chi connectivity index (χ0v) is 10.7. The van der Waals surface area contributed by atoms with Crippen LogP contribution in [0.15, 0.2) is 18.2 Å². The number of nitrogens with two attached hydrogens (primary N) is 1. The van der Waals surface area contributed by atoms with Crippen molar-refractivity contribution in [3.8, 4) is 0 Å². The first kappa shape index (κ1) is 12.5. The highest BCUT2D eigenvalue weighted by atomic mass is 35.5. The van der Waals surface area contributed by atoms with Gasteiger partial charge in [-0.25, -0.2) is 0 Å². The molecule has 0 spiro atoms. The minimum Gasteiger partial charge on any atom is -0.325 e. The van der Waals surface area contributed by atoms with Crippen molar-refractivity contribution in [2.75, 3.05) is 0 Å². The van der Waals surface area contributed by atoms with Crippen LogP contribution in [0.2, 0.25) is 5.02 Å². The van der Waals surface area contributed by atoms with Crippen LogP contribution in [0.25, 0.3) is 0 Å². The van der Waals surface area contributed by atoms with Crippen LogP contribution in [0.5, 0.6) is 0 Å². The Bertz CT molecular complexity index is 342. The Morgan fingerprint density at radius 2 is 2.00 bits per heavy atom. The Labute approximate surface area is 97.6 Å². The van der Waals surface area contributed by atoms with Crippen LogP contribution in [-0.4, -0.2) is 5.54 Å². The lowest BCUT2D eigenvalue weighted by atomic mass is 9.83. The molecule has 0 aromatic heterocycles. The van der Waals surface area contributed by atoms with Gasteiger partial charge < -0.3 is 5.73 Å². The third-order valence-electron chi connectivity index (χ3n) is 3.13. The zero-order chi connectivity index (χ0) is 11.6. The zero-order valence-electron chi connectivity index (χ0n) is 9.97. The number of aryl methyl sites for hydroxylation is 1. The van der Waals surface area contributed by atoms with Crippen LogP contribution in [-0.2, 0) is 6.42 Å². The quantitative estimate of drug-likeness (QED) is 0.837. The molecule has 1 unspecified atom stereocenters. The molecule has 0 aliphatic carbocycles. The van der Waals surface area contributed by atoms with Gasteiger partial charge in [-0.05, 0) is 43.4 Å². The summed E-state index contributed by atoms with van der Waals surface area (Å²) in [6, 6.07) is 6.13. The first-order valence-corrected chi connectivity index (χ1v) is 5.74. The van der Waals surface area contributed by atoms with Gasteiger partial charge in [-0.15, -0.1) is 0 Å². The summed E-state index contributed by atoms with van der Waals surface area (Å²) in [6.07, 6.45) is 0.892. The molecule has 1 aromatic rings. The average molecular weight is 226 g/mol. The van der Waals surface area contributed by atoms with Crippen molar-refractivity contribution < 1.29 is 0 Å². The maximum atomic E-state index is 6.25. The topological polar surface area (TPSA) is 26.0 Å². The number of benzene rings is 1. The second-order valence-corrected chi connectivity index (χ2v) is 5.33. The first-order chi connectivity index (χ1) is 6.83. The van der Waals surface area contributed by atoms with Gasteiger partial charge in [-0.2, -0.15) is 0 Å². The molecule has 0 radical (unpaired) electrons. The van der Waals surface area contributed by atoms with Gasteiger partial charge >= 0.3 is 0 Å². The monoisotopic (exact) mass is 225 g/mol. The van der Waals surface area contributed by atoms with Crippen LogP contribution in [0, 0.1) is 12.8 Å². The molecular formula is C13H20ClN. The smallest absolute Gasteiger partial charge is 0.0435 e. The molecule has 1 aromatic carbocycles. The van der Waals surface area contributed by atoms with Crippen molar-refractivity contribution >= 4 is 11.6 Å². The summed E-state index contributed by atoms with van der Waals surface area (Å²) in [4.78, 5) is 0. The molecular weight excluding hydrogens is 206 g/mol. The van der Waals surface area contributed by atoms with Crippen LogP contribution in [0.1, 0.15) is 31.9 Å². The largest absolute Gasteiger partial charge is 0.325 e. The molecule has 0 bridgehead atoms. The second-order valence-electron chi connectivity index (χ2n) is 4.92. The lowest BCUT2D eigenvalue weighted by molar-refractivity contribution is 0.338. The van der Waals surface area contributed by atoms with Gasteiger partial charge in [-0.1, -0.05) is 37.6 Å². The highest BCUT2D eigenvalue weighted by Crippen LogP contribution is 2.22. The predicted molar refractivity (Wildman–Crippen MR) is 67.3 cm³/mol. The third-order valence-corrected chi connectivity index (χ3v) is 3.55. The van der Waals surface area contributed by atoms with Crippen molar-refractivity contribution in [2.24, 2.45) is 11.7 Å². The fraction of sp³-hybridized carbons (Fsp3) is 0.538. The minimum absolute atomic E-state index is 0.153. The summed E-state index contributed by atoms with van der Waals surface area (Å²) in [6.45, 7) is 8.43. The molecule has 1 nitrogen and oxygen atoms in total. The van der Waals surface area contributed by atoms with Gasteiger partial charge in [0.15, 0.2) is 0 Å². The standard InChI is InChI=1S/C13H20ClN/c1-9(2)13(4,15)8-11-5-6-12(14)10(3)7-11/h5-7,9H,8,15H2,1-4H3. The number of hydrogen-bond acceptors (Lipinski definition) is 1. The molecule has 1 rings (SSSR count). The molecule has 84 valence electrons. The molecule has 0 saturated heterocycles. The van der Waals surface area contributed by atoms with E-state index in [2.05, 4.69) is 32.9 Å². The van der Waals surface area contributed by atoms with Crippen LogP contribution >= 0.6 is 11.6 Å². The molecule has 2 heteroatoms. The van der Waals surface area contributed by atoms with Crippen LogP contribution in [0.3, 0.4) is 0 Å². The van der Waals surface area contributed by atoms with E-state index in [9.17, 15) is 0 Å². The Hall–Kier alpha value is -0.530. The van der Waals surface area contributed by atoms with E-state index < -0.39 is 0 Å². The average Bonchev–Trinajstić information content (AvgIpc) is 2.10. The number of rotatable bonds is 3. The summed E-state index contributed by atoms with van der Waals surface area (Å²) in [7, 11) is 0. The summed E-state index contributed by atoms with van der Waals surface area (Å²) < 4.78 is 0. The summed E-state index contributed by atoms with van der Waals surface area (Å²) in [5.41, 5.74) is 8.47. The summed E-state index contributed by atoms with van der Waals surface area (Å²) in [5.74, 6) is 0.466. The molecule has 0 aliphatic heterocycles. The van der Waals surface area contributed by atoms with Crippen molar-refractivity contribution in [1.29, 1.82) is 0 Å². The number of halogens is 1. The van der Waals surface area contributed by atoms with Crippen molar-refractivity contribution in [2.45, 2.75) is 39.7 Å². The molecule has 15 heavy (non-hydrogen) atoms. The molecule has 2 N–H and O–H groups in total. The number of hydrogen-bond donors (Lipinski definition) is 1. The fourth-order valence-corrected chi connectivity index (χ4v) is 1.58. The fourth-order valence-electron chi connectivity index (χ4n) is 1.46. The van der Waals surface area contributed by atoms with E-state index in [1.807, 2.05) is 13.0 Å². The Morgan fingerprint density at radius 3 is 2.47 bits per heavy atom. The summed E-state index contributed by atoms with van der Waals surface area (Å²) >= 11 is 5.98. The van der Waals surface area contributed by atoms with Crippen molar-refractivity contribution in [1.82, 2.24) is 0 Å². The van der Waals surface area contributed by atoms with E-state index in [1.165, 1.54) is 5.56 Å². The minimum atomic E-state index is -0.153. The summed E-state index contributed by atoms with van der Waals surface area (Å²) in [5, 5.41) is 0.821.